The SMILES string of the molecule is O=C(N/N=C/c1ccccc1OCc1cccc([N+](=O)[O-])c1)c1cc2ccccc2o1. The molecule has 0 atom stereocenters. The molecule has 0 aliphatic carbocycles. The summed E-state index contributed by atoms with van der Waals surface area (Å²) in [5.74, 6) is 0.215. The molecule has 0 bridgehead atoms. The van der Waals surface area contributed by atoms with Crippen LogP contribution in [0, 0.1) is 10.1 Å². The summed E-state index contributed by atoms with van der Waals surface area (Å²) >= 11 is 0. The van der Waals surface area contributed by atoms with E-state index < -0.39 is 10.8 Å². The molecule has 1 amide bonds. The van der Waals surface area contributed by atoms with Gasteiger partial charge in [0.25, 0.3) is 5.69 Å². The summed E-state index contributed by atoms with van der Waals surface area (Å²) in [4.78, 5) is 22.7. The molecule has 0 saturated carbocycles. The Bertz CT molecular complexity index is 1250. The van der Waals surface area contributed by atoms with Gasteiger partial charge in [-0.3, -0.25) is 14.9 Å². The second-order valence-electron chi connectivity index (χ2n) is 6.60. The fourth-order valence-electron chi connectivity index (χ4n) is 2.95. The van der Waals surface area contributed by atoms with Gasteiger partial charge < -0.3 is 9.15 Å². The molecular formula is C23H17N3O5. The van der Waals surface area contributed by atoms with Crippen molar-refractivity contribution in [3.8, 4) is 5.75 Å². The summed E-state index contributed by atoms with van der Waals surface area (Å²) in [6.45, 7) is 0.151. The van der Waals surface area contributed by atoms with Crippen molar-refractivity contribution in [1.29, 1.82) is 0 Å². The molecule has 4 aromatic rings. The number of fused-ring (bicyclic) bond motifs is 1. The molecule has 0 fully saturated rings. The molecule has 0 radical (unpaired) electrons. The number of carbonyl (C=O) groups is 1. The highest BCUT2D eigenvalue weighted by Gasteiger charge is 2.11. The number of hydrogen-bond donors (Lipinski definition) is 1. The fourth-order valence-corrected chi connectivity index (χ4v) is 2.95. The average molecular weight is 415 g/mol. The first-order chi connectivity index (χ1) is 15.1. The zero-order chi connectivity index (χ0) is 21.6. The molecular weight excluding hydrogens is 398 g/mol. The first-order valence-corrected chi connectivity index (χ1v) is 9.37. The lowest BCUT2D eigenvalue weighted by atomic mass is 10.2. The van der Waals surface area contributed by atoms with E-state index in [1.165, 1.54) is 18.3 Å². The second kappa shape index (κ2) is 8.91. The summed E-state index contributed by atoms with van der Waals surface area (Å²) in [6, 6.07) is 22.4. The lowest BCUT2D eigenvalue weighted by Crippen LogP contribution is -2.16. The number of rotatable bonds is 7. The molecule has 0 saturated heterocycles. The highest BCUT2D eigenvalue weighted by Crippen LogP contribution is 2.20. The van der Waals surface area contributed by atoms with Gasteiger partial charge in [-0.15, -0.1) is 0 Å². The molecule has 1 heterocycles. The standard InChI is InChI=1S/C23H17N3O5/c27-23(22-13-17-7-1-4-11-21(17)31-22)25-24-14-18-8-2-3-10-20(18)30-15-16-6-5-9-19(12-16)26(28)29/h1-14H,15H2,(H,25,27)/b24-14+. The van der Waals surface area contributed by atoms with Gasteiger partial charge in [0.1, 0.15) is 17.9 Å². The van der Waals surface area contributed by atoms with Crippen LogP contribution in [0.15, 0.2) is 88.4 Å². The van der Waals surface area contributed by atoms with Crippen LogP contribution in [0.5, 0.6) is 5.75 Å². The summed E-state index contributed by atoms with van der Waals surface area (Å²) < 4.78 is 11.3. The summed E-state index contributed by atoms with van der Waals surface area (Å²) in [5, 5.41) is 15.7. The number of nitro groups is 1. The van der Waals surface area contributed by atoms with E-state index in [0.717, 1.165) is 5.39 Å². The Labute approximate surface area is 176 Å². The highest BCUT2D eigenvalue weighted by molar-refractivity contribution is 5.96. The lowest BCUT2D eigenvalue weighted by Gasteiger charge is -2.09. The van der Waals surface area contributed by atoms with E-state index in [2.05, 4.69) is 10.5 Å². The third-order valence-electron chi connectivity index (χ3n) is 4.45. The molecule has 0 aliphatic rings. The Morgan fingerprint density at radius 1 is 1.06 bits per heavy atom. The third kappa shape index (κ3) is 4.76. The quantitative estimate of drug-likeness (QED) is 0.268. The van der Waals surface area contributed by atoms with Crippen LogP contribution >= 0.6 is 0 Å². The average Bonchev–Trinajstić information content (AvgIpc) is 3.23. The molecule has 0 aliphatic heterocycles. The van der Waals surface area contributed by atoms with Crippen molar-refractivity contribution >= 4 is 28.8 Å². The smallest absolute Gasteiger partial charge is 0.307 e. The summed E-state index contributed by atoms with van der Waals surface area (Å²) in [5.41, 5.74) is 4.36. The van der Waals surface area contributed by atoms with Gasteiger partial charge in [-0.1, -0.05) is 42.5 Å². The highest BCUT2D eigenvalue weighted by atomic mass is 16.6. The predicted octanol–water partition coefficient (Wildman–Crippen LogP) is 4.68. The summed E-state index contributed by atoms with van der Waals surface area (Å²) in [6.07, 6.45) is 1.46. The zero-order valence-electron chi connectivity index (χ0n) is 16.2. The predicted molar refractivity (Wildman–Crippen MR) is 115 cm³/mol. The van der Waals surface area contributed by atoms with Gasteiger partial charge in [0.05, 0.1) is 11.1 Å². The number of hydrazone groups is 1. The zero-order valence-corrected chi connectivity index (χ0v) is 16.2. The number of ether oxygens (including phenoxy) is 1. The van der Waals surface area contributed by atoms with Crippen LogP contribution in [-0.2, 0) is 6.61 Å². The van der Waals surface area contributed by atoms with E-state index in [9.17, 15) is 14.9 Å². The molecule has 1 aromatic heterocycles. The minimum Gasteiger partial charge on any atom is -0.488 e. The van der Waals surface area contributed by atoms with Gasteiger partial charge in [-0.05, 0) is 29.8 Å². The molecule has 4 rings (SSSR count). The first-order valence-electron chi connectivity index (χ1n) is 9.37. The number of furan rings is 1. The van der Waals surface area contributed by atoms with Gasteiger partial charge in [-0.25, -0.2) is 5.43 Å². The van der Waals surface area contributed by atoms with Crippen molar-refractivity contribution in [3.05, 3.63) is 106 Å². The number of hydrogen-bond acceptors (Lipinski definition) is 6. The van der Waals surface area contributed by atoms with E-state index >= 15 is 0 Å². The Balaban J connectivity index is 1.42. The monoisotopic (exact) mass is 415 g/mol. The minimum atomic E-state index is -0.470. The van der Waals surface area contributed by atoms with Crippen LogP contribution in [0.2, 0.25) is 0 Å². The number of nitro benzene ring substituents is 1. The molecule has 8 nitrogen and oxygen atoms in total. The number of nitrogens with zero attached hydrogens (tertiary/aromatic N) is 2. The Hall–Kier alpha value is -4.46. The topological polar surface area (TPSA) is 107 Å². The lowest BCUT2D eigenvalue weighted by molar-refractivity contribution is -0.384. The number of benzene rings is 3. The molecule has 3 aromatic carbocycles. The van der Waals surface area contributed by atoms with Gasteiger partial charge in [-0.2, -0.15) is 5.10 Å². The van der Waals surface area contributed by atoms with E-state index in [4.69, 9.17) is 9.15 Å². The van der Waals surface area contributed by atoms with E-state index in [1.807, 2.05) is 24.3 Å². The first kappa shape index (κ1) is 19.8. The van der Waals surface area contributed by atoms with Gasteiger partial charge in [0.15, 0.2) is 5.76 Å². The molecule has 8 heteroatoms. The number of nitrogens with one attached hydrogen (secondary N) is 1. The second-order valence-corrected chi connectivity index (χ2v) is 6.60. The van der Waals surface area contributed by atoms with Gasteiger partial charge >= 0.3 is 5.91 Å². The molecule has 154 valence electrons. The van der Waals surface area contributed by atoms with E-state index in [1.54, 1.807) is 42.5 Å². The minimum absolute atomic E-state index is 0.00393. The number of carbonyl (C=O) groups excluding carboxylic acids is 1. The van der Waals surface area contributed by atoms with Crippen molar-refractivity contribution < 1.29 is 18.9 Å². The number of amides is 1. The Kier molecular flexibility index (Phi) is 5.70. The van der Waals surface area contributed by atoms with Crippen molar-refractivity contribution in [2.45, 2.75) is 6.61 Å². The van der Waals surface area contributed by atoms with Crippen LogP contribution in [0.4, 0.5) is 5.69 Å². The summed E-state index contributed by atoms with van der Waals surface area (Å²) in [7, 11) is 0. The number of para-hydroxylation sites is 2. The maximum atomic E-state index is 12.3. The molecule has 1 N–H and O–H groups in total. The van der Waals surface area contributed by atoms with Crippen LogP contribution < -0.4 is 10.2 Å². The Morgan fingerprint density at radius 2 is 1.87 bits per heavy atom. The Morgan fingerprint density at radius 3 is 2.71 bits per heavy atom. The maximum Gasteiger partial charge on any atom is 0.307 e. The van der Waals surface area contributed by atoms with Crippen molar-refractivity contribution in [2.75, 3.05) is 0 Å². The third-order valence-corrected chi connectivity index (χ3v) is 4.45. The van der Waals surface area contributed by atoms with E-state index in [0.29, 0.717) is 22.5 Å². The number of non-ortho nitro benzene ring substituents is 1. The van der Waals surface area contributed by atoms with E-state index in [-0.39, 0.29) is 18.1 Å². The van der Waals surface area contributed by atoms with Crippen LogP contribution in [0.1, 0.15) is 21.7 Å². The van der Waals surface area contributed by atoms with Gasteiger partial charge in [0.2, 0.25) is 0 Å². The van der Waals surface area contributed by atoms with Crippen molar-refractivity contribution in [3.63, 3.8) is 0 Å². The molecule has 31 heavy (non-hydrogen) atoms. The largest absolute Gasteiger partial charge is 0.488 e. The van der Waals surface area contributed by atoms with Crippen molar-refractivity contribution in [1.82, 2.24) is 5.43 Å². The maximum absolute atomic E-state index is 12.3. The van der Waals surface area contributed by atoms with Crippen LogP contribution in [-0.4, -0.2) is 17.0 Å². The van der Waals surface area contributed by atoms with Crippen LogP contribution in [0.3, 0.4) is 0 Å². The molecule has 0 unspecified atom stereocenters. The normalized spacial score (nSPS) is 11.0. The van der Waals surface area contributed by atoms with Gasteiger partial charge in [0, 0.05) is 23.1 Å². The van der Waals surface area contributed by atoms with Crippen LogP contribution in [0.25, 0.3) is 11.0 Å². The fraction of sp³-hybridized carbons (Fsp3) is 0.0435. The molecule has 0 spiro atoms. The van der Waals surface area contributed by atoms with Crippen molar-refractivity contribution in [2.24, 2.45) is 5.10 Å².